The lowest BCUT2D eigenvalue weighted by Gasteiger charge is -2.24. The Labute approximate surface area is 194 Å². The van der Waals surface area contributed by atoms with Crippen molar-refractivity contribution >= 4 is 22.7 Å². The summed E-state index contributed by atoms with van der Waals surface area (Å²) in [6.45, 7) is 3.23. The first-order valence-corrected chi connectivity index (χ1v) is 11.1. The number of carbonyl (C=O) groups is 1. The van der Waals surface area contributed by atoms with Crippen LogP contribution in [0.25, 0.3) is 11.1 Å². The van der Waals surface area contributed by atoms with Crippen LogP contribution in [0.15, 0.2) is 34.7 Å². The maximum Gasteiger partial charge on any atom is 0.433 e. The number of alkyl halides is 3. The number of fused-ring (bicyclic) bond motifs is 1. The summed E-state index contributed by atoms with van der Waals surface area (Å²) in [5.41, 5.74) is -1.54. The van der Waals surface area contributed by atoms with Crippen molar-refractivity contribution < 1.29 is 32.6 Å². The van der Waals surface area contributed by atoms with E-state index in [0.29, 0.717) is 22.6 Å². The van der Waals surface area contributed by atoms with Gasteiger partial charge in [0.25, 0.3) is 5.91 Å². The first-order chi connectivity index (χ1) is 16.0. The molecule has 0 bridgehead atoms. The summed E-state index contributed by atoms with van der Waals surface area (Å²) in [7, 11) is 0. The molecule has 0 radical (unpaired) electrons. The lowest BCUT2D eigenvalue weighted by atomic mass is 9.82. The molecule has 1 fully saturated rings. The van der Waals surface area contributed by atoms with E-state index in [1.54, 1.807) is 6.07 Å². The van der Waals surface area contributed by atoms with Gasteiger partial charge in [-0.2, -0.15) is 13.2 Å². The zero-order valence-corrected chi connectivity index (χ0v) is 18.8. The third-order valence-corrected chi connectivity index (χ3v) is 6.18. The minimum absolute atomic E-state index is 0.105. The number of pyridine rings is 1. The van der Waals surface area contributed by atoms with Gasteiger partial charge in [-0.15, -0.1) is 0 Å². The monoisotopic (exact) mass is 477 g/mol. The molecule has 0 unspecified atom stereocenters. The van der Waals surface area contributed by atoms with E-state index in [1.165, 1.54) is 26.0 Å². The molecule has 1 saturated carbocycles. The molecule has 4 rings (SSSR count). The maximum atomic E-state index is 13.0. The fourth-order valence-corrected chi connectivity index (χ4v) is 4.27. The van der Waals surface area contributed by atoms with Crippen molar-refractivity contribution in [3.05, 3.63) is 53.2 Å². The van der Waals surface area contributed by atoms with Gasteiger partial charge in [-0.25, -0.2) is 9.97 Å². The van der Waals surface area contributed by atoms with E-state index in [0.717, 1.165) is 37.8 Å². The molecule has 0 aliphatic heterocycles. The number of hydrogen-bond acceptors (Lipinski definition) is 6. The number of benzene rings is 1. The van der Waals surface area contributed by atoms with Crippen LogP contribution in [0.1, 0.15) is 73.1 Å². The minimum Gasteiger partial charge on any atom is -0.440 e. The van der Waals surface area contributed by atoms with Crippen molar-refractivity contribution in [3.8, 4) is 0 Å². The number of amides is 1. The highest BCUT2D eigenvalue weighted by molar-refractivity contribution is 6.04. The van der Waals surface area contributed by atoms with Crippen LogP contribution in [0.4, 0.5) is 18.9 Å². The number of nitrogens with one attached hydrogen (secondary N) is 1. The first-order valence-electron chi connectivity index (χ1n) is 11.1. The number of oxazole rings is 1. The Morgan fingerprint density at radius 2 is 1.85 bits per heavy atom. The molecule has 0 spiro atoms. The van der Waals surface area contributed by atoms with Gasteiger partial charge in [0.15, 0.2) is 11.5 Å². The molecular formula is C24H26F3N3O4. The molecule has 182 valence electrons. The molecule has 10 heteroatoms. The van der Waals surface area contributed by atoms with Crippen molar-refractivity contribution in [2.24, 2.45) is 5.92 Å². The summed E-state index contributed by atoms with van der Waals surface area (Å²) in [5, 5.41) is 22.6. The number of aliphatic hydroxyl groups is 2. The molecule has 0 atom stereocenters. The SMILES string of the molecule is CC(C)(O)c1cc2nc([C@H]3CC[C@H](CO)CC3)oc2cc1NC(=O)c1cccc(C(F)(F)F)n1. The fourth-order valence-electron chi connectivity index (χ4n) is 4.27. The second-order valence-corrected chi connectivity index (χ2v) is 9.24. The number of carbonyl (C=O) groups excluding carboxylic acids is 1. The Morgan fingerprint density at radius 1 is 1.15 bits per heavy atom. The van der Waals surface area contributed by atoms with E-state index in [4.69, 9.17) is 4.42 Å². The van der Waals surface area contributed by atoms with Gasteiger partial charge in [0, 0.05) is 24.2 Å². The van der Waals surface area contributed by atoms with Gasteiger partial charge >= 0.3 is 6.18 Å². The van der Waals surface area contributed by atoms with Crippen LogP contribution in [0.3, 0.4) is 0 Å². The molecule has 34 heavy (non-hydrogen) atoms. The quantitative estimate of drug-likeness (QED) is 0.478. The molecular weight excluding hydrogens is 451 g/mol. The molecule has 1 aliphatic carbocycles. The molecule has 2 heterocycles. The molecule has 3 aromatic rings. The zero-order chi connectivity index (χ0) is 24.7. The molecule has 1 amide bonds. The van der Waals surface area contributed by atoms with Gasteiger partial charge in [-0.3, -0.25) is 4.79 Å². The molecule has 3 N–H and O–H groups in total. The van der Waals surface area contributed by atoms with Crippen molar-refractivity contribution in [1.29, 1.82) is 0 Å². The third-order valence-electron chi connectivity index (χ3n) is 6.18. The van der Waals surface area contributed by atoms with Gasteiger partial charge in [-0.05, 0) is 63.6 Å². The molecule has 1 aromatic carbocycles. The average Bonchev–Trinajstić information content (AvgIpc) is 3.20. The highest BCUT2D eigenvalue weighted by Gasteiger charge is 2.33. The summed E-state index contributed by atoms with van der Waals surface area (Å²) < 4.78 is 44.9. The Balaban J connectivity index is 1.66. The van der Waals surface area contributed by atoms with E-state index in [1.807, 2.05) is 0 Å². The second-order valence-electron chi connectivity index (χ2n) is 9.24. The fraction of sp³-hybridized carbons (Fsp3) is 0.458. The van der Waals surface area contributed by atoms with Crippen LogP contribution in [-0.4, -0.2) is 32.7 Å². The van der Waals surface area contributed by atoms with Gasteiger partial charge < -0.3 is 19.9 Å². The number of nitrogens with zero attached hydrogens (tertiary/aromatic N) is 2. The number of rotatable bonds is 5. The van der Waals surface area contributed by atoms with Crippen molar-refractivity contribution in [2.45, 2.75) is 57.2 Å². The van der Waals surface area contributed by atoms with E-state index in [2.05, 4.69) is 15.3 Å². The van der Waals surface area contributed by atoms with Crippen LogP contribution >= 0.6 is 0 Å². The van der Waals surface area contributed by atoms with Crippen molar-refractivity contribution in [2.75, 3.05) is 11.9 Å². The van der Waals surface area contributed by atoms with E-state index in [-0.39, 0.29) is 24.1 Å². The van der Waals surface area contributed by atoms with E-state index < -0.39 is 29.1 Å². The summed E-state index contributed by atoms with van der Waals surface area (Å²) >= 11 is 0. The topological polar surface area (TPSA) is 108 Å². The lowest BCUT2D eigenvalue weighted by Crippen LogP contribution is -2.22. The van der Waals surface area contributed by atoms with Crippen molar-refractivity contribution in [1.82, 2.24) is 9.97 Å². The largest absolute Gasteiger partial charge is 0.440 e. The molecule has 7 nitrogen and oxygen atoms in total. The first kappa shape index (κ1) is 24.2. The van der Waals surface area contributed by atoms with Crippen LogP contribution < -0.4 is 5.32 Å². The highest BCUT2D eigenvalue weighted by Crippen LogP contribution is 2.38. The standard InChI is InChI=1S/C24H26F3N3O4/c1-23(2,33)15-10-18-19(34-22(30-18)14-8-6-13(12-31)7-9-14)11-17(15)29-21(32)16-4-3-5-20(28-16)24(25,26)27/h3-5,10-11,13-14,31,33H,6-9,12H2,1-2H3,(H,29,32)/t13-,14-. The van der Waals surface area contributed by atoms with E-state index >= 15 is 0 Å². The van der Waals surface area contributed by atoms with Crippen molar-refractivity contribution in [3.63, 3.8) is 0 Å². The molecule has 0 saturated heterocycles. The predicted octanol–water partition coefficient (Wildman–Crippen LogP) is 4.99. The van der Waals surface area contributed by atoms with Gasteiger partial charge in [0.1, 0.15) is 16.9 Å². The van der Waals surface area contributed by atoms with Crippen LogP contribution in [0.2, 0.25) is 0 Å². The number of halogens is 3. The van der Waals surface area contributed by atoms with Gasteiger partial charge in [0.2, 0.25) is 0 Å². The number of aliphatic hydroxyl groups excluding tert-OH is 1. The summed E-state index contributed by atoms with van der Waals surface area (Å²) in [6, 6.07) is 6.21. The summed E-state index contributed by atoms with van der Waals surface area (Å²) in [6.07, 6.45) is -1.26. The summed E-state index contributed by atoms with van der Waals surface area (Å²) in [5.74, 6) is 0.0935. The lowest BCUT2D eigenvalue weighted by molar-refractivity contribution is -0.141. The Morgan fingerprint density at radius 3 is 2.47 bits per heavy atom. The Bertz CT molecular complexity index is 1190. The highest BCUT2D eigenvalue weighted by atomic mass is 19.4. The molecule has 1 aliphatic rings. The number of aromatic nitrogens is 2. The van der Waals surface area contributed by atoms with Crippen LogP contribution in [0, 0.1) is 5.92 Å². The normalized spacial score (nSPS) is 19.4. The maximum absolute atomic E-state index is 13.0. The van der Waals surface area contributed by atoms with Gasteiger partial charge in [0.05, 0.1) is 11.3 Å². The molecule has 2 aromatic heterocycles. The average molecular weight is 477 g/mol. The zero-order valence-electron chi connectivity index (χ0n) is 18.8. The number of hydrogen-bond donors (Lipinski definition) is 3. The summed E-state index contributed by atoms with van der Waals surface area (Å²) in [4.78, 5) is 20.7. The second kappa shape index (κ2) is 8.99. The minimum atomic E-state index is -4.68. The Hall–Kier alpha value is -2.98. The smallest absolute Gasteiger partial charge is 0.433 e. The van der Waals surface area contributed by atoms with Crippen LogP contribution in [-0.2, 0) is 11.8 Å². The predicted molar refractivity (Wildman–Crippen MR) is 118 cm³/mol. The Kier molecular flexibility index (Phi) is 6.39. The third kappa shape index (κ3) is 5.07. The van der Waals surface area contributed by atoms with Crippen LogP contribution in [0.5, 0.6) is 0 Å². The van der Waals surface area contributed by atoms with E-state index in [9.17, 15) is 28.2 Å². The van der Waals surface area contributed by atoms with Gasteiger partial charge in [-0.1, -0.05) is 6.07 Å². The number of anilines is 1.